The van der Waals surface area contributed by atoms with Gasteiger partial charge in [0.25, 0.3) is 0 Å². The summed E-state index contributed by atoms with van der Waals surface area (Å²) in [5, 5.41) is 17.7. The maximum atomic E-state index is 12.5. The molecular weight excluding hydrogens is 386 g/mol. The zero-order chi connectivity index (χ0) is 19.6. The summed E-state index contributed by atoms with van der Waals surface area (Å²) in [5.74, 6) is 0.602. The molecular formula is C20H17N7OS. The highest BCUT2D eigenvalue weighted by Crippen LogP contribution is 2.36. The van der Waals surface area contributed by atoms with Crippen LogP contribution in [0.5, 0.6) is 0 Å². The van der Waals surface area contributed by atoms with Crippen molar-refractivity contribution in [3.05, 3.63) is 59.7 Å². The molecule has 9 heteroatoms. The van der Waals surface area contributed by atoms with Gasteiger partial charge in [-0.2, -0.15) is 0 Å². The van der Waals surface area contributed by atoms with Crippen molar-refractivity contribution in [2.75, 3.05) is 5.32 Å². The van der Waals surface area contributed by atoms with Crippen LogP contribution in [0.15, 0.2) is 54.0 Å². The molecule has 1 fully saturated rings. The van der Waals surface area contributed by atoms with Gasteiger partial charge in [0.15, 0.2) is 5.82 Å². The Labute approximate surface area is 170 Å². The van der Waals surface area contributed by atoms with E-state index in [1.807, 2.05) is 52.5 Å². The van der Waals surface area contributed by atoms with E-state index < -0.39 is 0 Å². The molecule has 5 rings (SSSR count). The molecule has 0 bridgehead atoms. The Bertz CT molecular complexity index is 1150. The molecule has 1 saturated carbocycles. The van der Waals surface area contributed by atoms with E-state index >= 15 is 0 Å². The second-order valence-electron chi connectivity index (χ2n) is 6.84. The standard InChI is InChI=1S/C20H17N7OS/c28-18(11-15-12-29-20(23-15)17-6-1-2-9-21-17)22-14-5-3-4-13(10-14)19-24-25-26-27(19)16-7-8-16/h1-6,9-10,12,16H,7-8,11H2,(H,22,28). The summed E-state index contributed by atoms with van der Waals surface area (Å²) in [7, 11) is 0. The van der Waals surface area contributed by atoms with E-state index in [9.17, 15) is 4.79 Å². The summed E-state index contributed by atoms with van der Waals surface area (Å²) in [4.78, 5) is 21.3. The molecule has 0 spiro atoms. The predicted molar refractivity (Wildman–Crippen MR) is 109 cm³/mol. The molecule has 4 aromatic rings. The second kappa shape index (κ2) is 7.51. The maximum Gasteiger partial charge on any atom is 0.230 e. The second-order valence-corrected chi connectivity index (χ2v) is 7.70. The number of rotatable bonds is 6. The fourth-order valence-corrected chi connectivity index (χ4v) is 3.84. The van der Waals surface area contributed by atoms with Crippen molar-refractivity contribution in [2.24, 2.45) is 0 Å². The monoisotopic (exact) mass is 403 g/mol. The van der Waals surface area contributed by atoms with Gasteiger partial charge < -0.3 is 5.32 Å². The van der Waals surface area contributed by atoms with Crippen molar-refractivity contribution >= 4 is 22.9 Å². The fourth-order valence-electron chi connectivity index (χ4n) is 3.05. The molecule has 1 aromatic carbocycles. The van der Waals surface area contributed by atoms with E-state index in [1.165, 1.54) is 11.3 Å². The van der Waals surface area contributed by atoms with Gasteiger partial charge in [0.2, 0.25) is 5.91 Å². The number of tetrazole rings is 1. The van der Waals surface area contributed by atoms with Crippen molar-refractivity contribution in [2.45, 2.75) is 25.3 Å². The van der Waals surface area contributed by atoms with Gasteiger partial charge in [-0.05, 0) is 47.5 Å². The first-order chi connectivity index (χ1) is 14.3. The van der Waals surface area contributed by atoms with E-state index in [-0.39, 0.29) is 12.3 Å². The lowest BCUT2D eigenvalue weighted by atomic mass is 10.2. The van der Waals surface area contributed by atoms with Gasteiger partial charge in [-0.25, -0.2) is 9.67 Å². The summed E-state index contributed by atoms with van der Waals surface area (Å²) < 4.78 is 1.86. The molecule has 1 amide bonds. The van der Waals surface area contributed by atoms with Gasteiger partial charge in [-0.3, -0.25) is 9.78 Å². The molecule has 29 heavy (non-hydrogen) atoms. The smallest absolute Gasteiger partial charge is 0.230 e. The zero-order valence-electron chi connectivity index (χ0n) is 15.4. The van der Waals surface area contributed by atoms with Crippen LogP contribution in [0.3, 0.4) is 0 Å². The zero-order valence-corrected chi connectivity index (χ0v) is 16.2. The predicted octanol–water partition coefficient (Wildman–Crippen LogP) is 3.37. The average Bonchev–Trinajstić information content (AvgIpc) is 3.28. The van der Waals surface area contributed by atoms with Crippen LogP contribution in [-0.4, -0.2) is 36.1 Å². The van der Waals surface area contributed by atoms with Gasteiger partial charge in [0.1, 0.15) is 5.01 Å². The van der Waals surface area contributed by atoms with Crippen LogP contribution in [0.4, 0.5) is 5.69 Å². The van der Waals surface area contributed by atoms with Crippen molar-refractivity contribution < 1.29 is 4.79 Å². The number of benzene rings is 1. The first kappa shape index (κ1) is 17.6. The largest absolute Gasteiger partial charge is 0.326 e. The Morgan fingerprint density at radius 3 is 2.97 bits per heavy atom. The number of nitrogens with one attached hydrogen (secondary N) is 1. The lowest BCUT2D eigenvalue weighted by Crippen LogP contribution is -2.14. The highest BCUT2D eigenvalue weighted by Gasteiger charge is 2.28. The first-order valence-electron chi connectivity index (χ1n) is 9.30. The molecule has 8 nitrogen and oxygen atoms in total. The SMILES string of the molecule is O=C(Cc1csc(-c2ccccn2)n1)Nc1cccc(-c2nnnn2C2CC2)c1. The molecule has 0 radical (unpaired) electrons. The third-order valence-electron chi connectivity index (χ3n) is 4.57. The normalized spacial score (nSPS) is 13.4. The quantitative estimate of drug-likeness (QED) is 0.530. The van der Waals surface area contributed by atoms with Gasteiger partial charge >= 0.3 is 0 Å². The summed E-state index contributed by atoms with van der Waals surface area (Å²) in [6.45, 7) is 0. The summed E-state index contributed by atoms with van der Waals surface area (Å²) in [6, 6.07) is 13.7. The topological polar surface area (TPSA) is 98.5 Å². The third-order valence-corrected chi connectivity index (χ3v) is 5.48. The average molecular weight is 403 g/mol. The van der Waals surface area contributed by atoms with Crippen molar-refractivity contribution in [3.8, 4) is 22.1 Å². The van der Waals surface area contributed by atoms with Crippen LogP contribution in [0.2, 0.25) is 0 Å². The highest BCUT2D eigenvalue weighted by molar-refractivity contribution is 7.13. The van der Waals surface area contributed by atoms with Gasteiger partial charge in [-0.15, -0.1) is 16.4 Å². The van der Waals surface area contributed by atoms with E-state index in [0.29, 0.717) is 11.7 Å². The molecule has 0 saturated heterocycles. The van der Waals surface area contributed by atoms with Crippen LogP contribution in [0, 0.1) is 0 Å². The molecule has 0 aliphatic heterocycles. The molecule has 0 unspecified atom stereocenters. The number of carbonyl (C=O) groups is 1. The summed E-state index contributed by atoms with van der Waals surface area (Å²) in [6.07, 6.45) is 4.13. The first-order valence-corrected chi connectivity index (χ1v) is 10.2. The van der Waals surface area contributed by atoms with Gasteiger partial charge in [0, 0.05) is 22.8 Å². The molecule has 3 aromatic heterocycles. The van der Waals surface area contributed by atoms with Gasteiger partial charge in [-0.1, -0.05) is 18.2 Å². The fraction of sp³-hybridized carbons (Fsp3) is 0.200. The Hall–Kier alpha value is -3.46. The Morgan fingerprint density at radius 1 is 1.21 bits per heavy atom. The number of amides is 1. The highest BCUT2D eigenvalue weighted by atomic mass is 32.1. The number of hydrogen-bond donors (Lipinski definition) is 1. The lowest BCUT2D eigenvalue weighted by molar-refractivity contribution is -0.115. The Balaban J connectivity index is 1.28. The Kier molecular flexibility index (Phi) is 4.57. The van der Waals surface area contributed by atoms with E-state index in [1.54, 1.807) is 6.20 Å². The number of pyridine rings is 1. The van der Waals surface area contributed by atoms with E-state index in [2.05, 4.69) is 30.8 Å². The molecule has 3 heterocycles. The van der Waals surface area contributed by atoms with Crippen LogP contribution in [0.1, 0.15) is 24.6 Å². The molecule has 144 valence electrons. The van der Waals surface area contributed by atoms with E-state index in [0.717, 1.165) is 40.6 Å². The minimum atomic E-state index is -0.123. The molecule has 1 aliphatic rings. The Morgan fingerprint density at radius 2 is 2.14 bits per heavy atom. The summed E-state index contributed by atoms with van der Waals surface area (Å²) in [5.41, 5.74) is 3.12. The molecule has 1 aliphatic carbocycles. The summed E-state index contributed by atoms with van der Waals surface area (Å²) >= 11 is 1.48. The van der Waals surface area contributed by atoms with Crippen molar-refractivity contribution in [1.29, 1.82) is 0 Å². The number of hydrogen-bond acceptors (Lipinski definition) is 7. The van der Waals surface area contributed by atoms with Gasteiger partial charge in [0.05, 0.1) is 23.9 Å². The van der Waals surface area contributed by atoms with Crippen LogP contribution in [0.25, 0.3) is 22.1 Å². The minimum Gasteiger partial charge on any atom is -0.326 e. The number of nitrogens with zero attached hydrogens (tertiary/aromatic N) is 6. The van der Waals surface area contributed by atoms with Crippen LogP contribution >= 0.6 is 11.3 Å². The van der Waals surface area contributed by atoms with Crippen LogP contribution < -0.4 is 5.32 Å². The van der Waals surface area contributed by atoms with E-state index in [4.69, 9.17) is 0 Å². The van der Waals surface area contributed by atoms with Crippen LogP contribution in [-0.2, 0) is 11.2 Å². The number of aromatic nitrogens is 6. The van der Waals surface area contributed by atoms with Crippen molar-refractivity contribution in [1.82, 2.24) is 30.2 Å². The molecule has 1 N–H and O–H groups in total. The number of anilines is 1. The maximum absolute atomic E-state index is 12.5. The van der Waals surface area contributed by atoms with Crippen molar-refractivity contribution in [3.63, 3.8) is 0 Å². The molecule has 0 atom stereocenters. The minimum absolute atomic E-state index is 0.123. The number of carbonyl (C=O) groups excluding carboxylic acids is 1. The lowest BCUT2D eigenvalue weighted by Gasteiger charge is -2.07. The third kappa shape index (κ3) is 3.90. The number of thiazole rings is 1.